The summed E-state index contributed by atoms with van der Waals surface area (Å²) < 4.78 is 5.27. The Morgan fingerprint density at radius 3 is 2.93 bits per heavy atom. The molecule has 1 atom stereocenters. The number of rotatable bonds is 2. The zero-order chi connectivity index (χ0) is 10.7. The summed E-state index contributed by atoms with van der Waals surface area (Å²) in [6.45, 7) is 1.85. The Kier molecular flexibility index (Phi) is 2.87. The first-order valence-corrected chi connectivity index (χ1v) is 4.89. The van der Waals surface area contributed by atoms with Crippen LogP contribution in [0.1, 0.15) is 0 Å². The van der Waals surface area contributed by atoms with Crippen molar-refractivity contribution in [2.45, 2.75) is 6.10 Å². The molecule has 15 heavy (non-hydrogen) atoms. The van der Waals surface area contributed by atoms with Gasteiger partial charge in [-0.1, -0.05) is 12.1 Å². The van der Waals surface area contributed by atoms with Crippen LogP contribution in [0.25, 0.3) is 0 Å². The number of primary amides is 1. The molecule has 1 amide bonds. The number of nitrogens with two attached hydrogens (primary N) is 1. The molecule has 1 aromatic rings. The van der Waals surface area contributed by atoms with Crippen molar-refractivity contribution < 1.29 is 9.53 Å². The third-order valence-electron chi connectivity index (χ3n) is 2.45. The van der Waals surface area contributed by atoms with Gasteiger partial charge in [-0.25, -0.2) is 0 Å². The van der Waals surface area contributed by atoms with E-state index in [0.29, 0.717) is 13.2 Å². The maximum Gasteiger partial charge on any atom is 0.248 e. The molecule has 4 heteroatoms. The second kappa shape index (κ2) is 4.31. The quantitative estimate of drug-likeness (QED) is 0.749. The number of benzene rings is 1. The SMILES string of the molecule is NC(=O)C1CN(c2cc[c]cc2)CCO1. The second-order valence-corrected chi connectivity index (χ2v) is 3.47. The van der Waals surface area contributed by atoms with Crippen LogP contribution >= 0.6 is 0 Å². The van der Waals surface area contributed by atoms with Gasteiger partial charge in [-0.3, -0.25) is 4.79 Å². The summed E-state index contributed by atoms with van der Waals surface area (Å²) in [7, 11) is 0. The number of nitrogens with zero attached hydrogens (tertiary/aromatic N) is 1. The minimum atomic E-state index is -0.497. The first kappa shape index (κ1) is 9.98. The molecule has 1 saturated heterocycles. The van der Waals surface area contributed by atoms with Crippen molar-refractivity contribution in [1.82, 2.24) is 0 Å². The lowest BCUT2D eigenvalue weighted by molar-refractivity contribution is -0.130. The lowest BCUT2D eigenvalue weighted by atomic mass is 10.2. The summed E-state index contributed by atoms with van der Waals surface area (Å²) in [6, 6.07) is 10.6. The fourth-order valence-electron chi connectivity index (χ4n) is 1.64. The van der Waals surface area contributed by atoms with E-state index in [0.717, 1.165) is 12.2 Å². The van der Waals surface area contributed by atoms with E-state index in [2.05, 4.69) is 11.0 Å². The molecule has 0 spiro atoms. The van der Waals surface area contributed by atoms with Gasteiger partial charge < -0.3 is 15.4 Å². The first-order chi connectivity index (χ1) is 7.27. The molecule has 1 fully saturated rings. The fraction of sp³-hybridized carbons (Fsp3) is 0.364. The van der Waals surface area contributed by atoms with E-state index in [9.17, 15) is 4.79 Å². The molecule has 0 aromatic heterocycles. The Bertz CT molecular complexity index is 340. The van der Waals surface area contributed by atoms with E-state index >= 15 is 0 Å². The highest BCUT2D eigenvalue weighted by atomic mass is 16.5. The molecule has 0 aliphatic carbocycles. The molecule has 1 aliphatic rings. The summed E-state index contributed by atoms with van der Waals surface area (Å²) in [5, 5.41) is 0. The minimum absolute atomic E-state index is 0.401. The van der Waals surface area contributed by atoms with Gasteiger partial charge in [-0.2, -0.15) is 0 Å². The lowest BCUT2D eigenvalue weighted by Crippen LogP contribution is -2.48. The summed E-state index contributed by atoms with van der Waals surface area (Å²) >= 11 is 0. The number of amides is 1. The van der Waals surface area contributed by atoms with Gasteiger partial charge in [0.25, 0.3) is 0 Å². The maximum atomic E-state index is 11.0. The average molecular weight is 205 g/mol. The predicted molar refractivity (Wildman–Crippen MR) is 56.4 cm³/mol. The standard InChI is InChI=1S/C11H13N2O2/c12-11(14)10-8-13(6-7-15-10)9-4-2-1-3-5-9/h2-5,10H,6-8H2,(H2,12,14). The Hall–Kier alpha value is -1.55. The molecule has 1 radical (unpaired) electrons. The molecule has 79 valence electrons. The number of carbonyl (C=O) groups excluding carboxylic acids is 1. The zero-order valence-corrected chi connectivity index (χ0v) is 8.35. The van der Waals surface area contributed by atoms with Crippen LogP contribution in [-0.2, 0) is 9.53 Å². The zero-order valence-electron chi connectivity index (χ0n) is 8.35. The Morgan fingerprint density at radius 2 is 2.27 bits per heavy atom. The molecule has 4 nitrogen and oxygen atoms in total. The largest absolute Gasteiger partial charge is 0.367 e. The second-order valence-electron chi connectivity index (χ2n) is 3.47. The van der Waals surface area contributed by atoms with Gasteiger partial charge in [-0.05, 0) is 18.2 Å². The van der Waals surface area contributed by atoms with Crippen LogP contribution in [0.5, 0.6) is 0 Å². The third-order valence-corrected chi connectivity index (χ3v) is 2.45. The number of ether oxygens (including phenoxy) is 1. The van der Waals surface area contributed by atoms with E-state index < -0.39 is 12.0 Å². The first-order valence-electron chi connectivity index (χ1n) is 4.89. The van der Waals surface area contributed by atoms with Crippen molar-refractivity contribution in [3.05, 3.63) is 30.3 Å². The van der Waals surface area contributed by atoms with Gasteiger partial charge >= 0.3 is 0 Å². The summed E-state index contributed by atoms with van der Waals surface area (Å²) in [4.78, 5) is 13.1. The van der Waals surface area contributed by atoms with Crippen molar-refractivity contribution in [3.63, 3.8) is 0 Å². The van der Waals surface area contributed by atoms with Gasteiger partial charge in [0.1, 0.15) is 0 Å². The van der Waals surface area contributed by atoms with Crippen molar-refractivity contribution in [2.75, 3.05) is 24.6 Å². The highest BCUT2D eigenvalue weighted by molar-refractivity contribution is 5.79. The number of anilines is 1. The van der Waals surface area contributed by atoms with Crippen molar-refractivity contribution in [2.24, 2.45) is 5.73 Å². The highest BCUT2D eigenvalue weighted by Crippen LogP contribution is 2.16. The number of morpholine rings is 1. The van der Waals surface area contributed by atoms with E-state index in [1.54, 1.807) is 0 Å². The third kappa shape index (κ3) is 2.27. The van der Waals surface area contributed by atoms with Gasteiger partial charge in [0.15, 0.2) is 6.10 Å². The summed E-state index contributed by atoms with van der Waals surface area (Å²) in [5.74, 6) is -0.401. The highest BCUT2D eigenvalue weighted by Gasteiger charge is 2.24. The molecule has 1 aliphatic heterocycles. The van der Waals surface area contributed by atoms with Crippen LogP contribution in [-0.4, -0.2) is 31.7 Å². The lowest BCUT2D eigenvalue weighted by Gasteiger charge is -2.32. The normalized spacial score (nSPS) is 21.3. The minimum Gasteiger partial charge on any atom is -0.367 e. The molecule has 0 saturated carbocycles. The van der Waals surface area contributed by atoms with E-state index in [-0.39, 0.29) is 0 Å². The van der Waals surface area contributed by atoms with Crippen molar-refractivity contribution in [1.29, 1.82) is 0 Å². The molecular weight excluding hydrogens is 192 g/mol. The van der Waals surface area contributed by atoms with E-state index in [1.165, 1.54) is 0 Å². The van der Waals surface area contributed by atoms with Crippen molar-refractivity contribution in [3.8, 4) is 0 Å². The Labute approximate surface area is 88.6 Å². The van der Waals surface area contributed by atoms with Crippen molar-refractivity contribution >= 4 is 11.6 Å². The topological polar surface area (TPSA) is 55.6 Å². The number of carbonyl (C=O) groups is 1. The molecule has 0 bridgehead atoms. The maximum absolute atomic E-state index is 11.0. The predicted octanol–water partition coefficient (Wildman–Crippen LogP) is 0.177. The Morgan fingerprint density at radius 1 is 1.53 bits per heavy atom. The Balaban J connectivity index is 2.08. The smallest absolute Gasteiger partial charge is 0.248 e. The molecular formula is C11H13N2O2. The van der Waals surface area contributed by atoms with Gasteiger partial charge in [0, 0.05) is 12.2 Å². The van der Waals surface area contributed by atoms with Crippen LogP contribution in [0.2, 0.25) is 0 Å². The van der Waals surface area contributed by atoms with E-state index in [1.807, 2.05) is 24.3 Å². The number of hydrogen-bond donors (Lipinski definition) is 1. The molecule has 1 heterocycles. The van der Waals surface area contributed by atoms with Gasteiger partial charge in [0.2, 0.25) is 5.91 Å². The summed E-state index contributed by atoms with van der Waals surface area (Å²) in [6.07, 6.45) is -0.497. The average Bonchev–Trinajstić information content (AvgIpc) is 2.30. The molecule has 1 aromatic carbocycles. The molecule has 1 unspecified atom stereocenters. The molecule has 2 rings (SSSR count). The van der Waals surface area contributed by atoms with Gasteiger partial charge in [-0.15, -0.1) is 0 Å². The van der Waals surface area contributed by atoms with E-state index in [4.69, 9.17) is 10.5 Å². The fourth-order valence-corrected chi connectivity index (χ4v) is 1.64. The van der Waals surface area contributed by atoms with Crippen LogP contribution in [0.4, 0.5) is 5.69 Å². The van der Waals surface area contributed by atoms with Crippen LogP contribution in [0, 0.1) is 6.07 Å². The summed E-state index contributed by atoms with van der Waals surface area (Å²) in [5.41, 5.74) is 6.28. The van der Waals surface area contributed by atoms with Crippen LogP contribution in [0.15, 0.2) is 24.3 Å². The number of hydrogen-bond acceptors (Lipinski definition) is 3. The van der Waals surface area contributed by atoms with Crippen LogP contribution in [0.3, 0.4) is 0 Å². The monoisotopic (exact) mass is 205 g/mol. The molecule has 2 N–H and O–H groups in total. The van der Waals surface area contributed by atoms with Crippen LogP contribution < -0.4 is 10.6 Å². The van der Waals surface area contributed by atoms with Gasteiger partial charge in [0.05, 0.1) is 13.2 Å².